The van der Waals surface area contributed by atoms with Gasteiger partial charge in [0.2, 0.25) is 0 Å². The Morgan fingerprint density at radius 2 is 2.40 bits per heavy atom. The zero-order chi connectivity index (χ0) is 10.8. The van der Waals surface area contributed by atoms with Crippen molar-refractivity contribution in [1.82, 2.24) is 10.2 Å². The molecule has 2 aliphatic heterocycles. The Morgan fingerprint density at radius 3 is 3.00 bits per heavy atom. The molecular weight excluding hydrogens is 196 g/mol. The summed E-state index contributed by atoms with van der Waals surface area (Å²) in [5.74, 6) is -0.111. The van der Waals surface area contributed by atoms with Gasteiger partial charge in [0, 0.05) is 19.6 Å². The van der Waals surface area contributed by atoms with Gasteiger partial charge in [-0.2, -0.15) is 0 Å². The molecule has 5 nitrogen and oxygen atoms in total. The number of β-amino-alcohol motifs (C(OH)–C–C–N with tert-alkyl or cyclic N) is 1. The average molecular weight is 210 g/mol. The lowest BCUT2D eigenvalue weighted by atomic mass is 10.2. The molecule has 2 aliphatic rings. The van der Waals surface area contributed by atoms with Gasteiger partial charge in [-0.15, -0.1) is 0 Å². The second kappa shape index (κ2) is 3.94. The van der Waals surface area contributed by atoms with Gasteiger partial charge in [-0.3, -0.25) is 0 Å². The first-order chi connectivity index (χ1) is 7.16. The molecule has 82 valence electrons. The minimum absolute atomic E-state index is 0.299. The highest BCUT2D eigenvalue weighted by molar-refractivity contribution is 5.90. The number of aliphatic carboxylic acids is 1. The molecule has 2 rings (SSSR count). The SMILES string of the molecule is O=C(O)C1=CCNC(N2CC[C@@H](O)C2)=C1. The number of carboxylic acid groups (broad SMARTS) is 1. The predicted molar refractivity (Wildman–Crippen MR) is 54.0 cm³/mol. The van der Waals surface area contributed by atoms with Crippen molar-refractivity contribution in [3.63, 3.8) is 0 Å². The smallest absolute Gasteiger partial charge is 0.335 e. The van der Waals surface area contributed by atoms with E-state index in [2.05, 4.69) is 5.32 Å². The molecule has 2 heterocycles. The lowest BCUT2D eigenvalue weighted by molar-refractivity contribution is -0.132. The van der Waals surface area contributed by atoms with E-state index in [9.17, 15) is 9.90 Å². The van der Waals surface area contributed by atoms with Crippen molar-refractivity contribution in [1.29, 1.82) is 0 Å². The molecule has 15 heavy (non-hydrogen) atoms. The number of aliphatic hydroxyl groups excluding tert-OH is 1. The second-order valence-electron chi connectivity index (χ2n) is 3.76. The van der Waals surface area contributed by atoms with Crippen LogP contribution in [0.15, 0.2) is 23.5 Å². The van der Waals surface area contributed by atoms with Gasteiger partial charge in [0.25, 0.3) is 0 Å². The minimum atomic E-state index is -0.909. The molecule has 0 amide bonds. The van der Waals surface area contributed by atoms with E-state index in [0.29, 0.717) is 18.7 Å². The van der Waals surface area contributed by atoms with Crippen LogP contribution in [-0.2, 0) is 4.79 Å². The van der Waals surface area contributed by atoms with Crippen molar-refractivity contribution in [2.75, 3.05) is 19.6 Å². The third-order valence-corrected chi connectivity index (χ3v) is 2.65. The fourth-order valence-corrected chi connectivity index (χ4v) is 1.84. The number of carboxylic acids is 1. The highest BCUT2D eigenvalue weighted by Gasteiger charge is 2.23. The Bertz CT molecular complexity index is 336. The molecule has 0 bridgehead atoms. The molecule has 1 fully saturated rings. The number of nitrogens with zero attached hydrogens (tertiary/aromatic N) is 1. The Hall–Kier alpha value is -1.49. The summed E-state index contributed by atoms with van der Waals surface area (Å²) in [6.07, 6.45) is 3.69. The van der Waals surface area contributed by atoms with Crippen molar-refractivity contribution in [2.45, 2.75) is 12.5 Å². The molecular formula is C10H14N2O3. The van der Waals surface area contributed by atoms with Crippen LogP contribution in [-0.4, -0.2) is 46.8 Å². The summed E-state index contributed by atoms with van der Waals surface area (Å²) < 4.78 is 0. The largest absolute Gasteiger partial charge is 0.478 e. The third-order valence-electron chi connectivity index (χ3n) is 2.65. The first kappa shape index (κ1) is 10.0. The van der Waals surface area contributed by atoms with E-state index in [1.54, 1.807) is 12.2 Å². The maximum absolute atomic E-state index is 10.8. The monoisotopic (exact) mass is 210 g/mol. The molecule has 0 aliphatic carbocycles. The number of rotatable bonds is 2. The minimum Gasteiger partial charge on any atom is -0.478 e. The fraction of sp³-hybridized carbons (Fsp3) is 0.500. The third kappa shape index (κ3) is 2.12. The lowest BCUT2D eigenvalue weighted by Gasteiger charge is -2.24. The summed E-state index contributed by atoms with van der Waals surface area (Å²) in [7, 11) is 0. The van der Waals surface area contributed by atoms with E-state index in [4.69, 9.17) is 5.11 Å². The van der Waals surface area contributed by atoms with Crippen molar-refractivity contribution < 1.29 is 15.0 Å². The molecule has 0 spiro atoms. The van der Waals surface area contributed by atoms with Gasteiger partial charge in [-0.1, -0.05) is 6.08 Å². The topological polar surface area (TPSA) is 72.8 Å². The molecule has 1 saturated heterocycles. The van der Waals surface area contributed by atoms with Crippen molar-refractivity contribution in [3.8, 4) is 0 Å². The molecule has 5 heteroatoms. The molecule has 3 N–H and O–H groups in total. The first-order valence-electron chi connectivity index (χ1n) is 4.99. The highest BCUT2D eigenvalue weighted by Crippen LogP contribution is 2.17. The van der Waals surface area contributed by atoms with Crippen molar-refractivity contribution in [3.05, 3.63) is 23.5 Å². The highest BCUT2D eigenvalue weighted by atomic mass is 16.4. The zero-order valence-electron chi connectivity index (χ0n) is 8.31. The number of carbonyl (C=O) groups is 1. The van der Waals surface area contributed by atoms with Crippen molar-refractivity contribution in [2.24, 2.45) is 0 Å². The fourth-order valence-electron chi connectivity index (χ4n) is 1.84. The van der Waals surface area contributed by atoms with Gasteiger partial charge in [-0.25, -0.2) is 4.79 Å². The van der Waals surface area contributed by atoms with E-state index in [0.717, 1.165) is 18.8 Å². The van der Waals surface area contributed by atoms with Crippen LogP contribution in [0.25, 0.3) is 0 Å². The Morgan fingerprint density at radius 1 is 1.60 bits per heavy atom. The molecule has 0 aromatic rings. The maximum Gasteiger partial charge on any atom is 0.335 e. The molecule has 0 unspecified atom stereocenters. The van der Waals surface area contributed by atoms with E-state index < -0.39 is 5.97 Å². The number of hydrogen-bond donors (Lipinski definition) is 3. The van der Waals surface area contributed by atoms with E-state index in [1.807, 2.05) is 4.90 Å². The van der Waals surface area contributed by atoms with Gasteiger partial charge in [-0.05, 0) is 12.5 Å². The van der Waals surface area contributed by atoms with E-state index in [-0.39, 0.29) is 6.10 Å². The number of dihydropyridines is 1. The summed E-state index contributed by atoms with van der Waals surface area (Å²) in [4.78, 5) is 12.7. The summed E-state index contributed by atoms with van der Waals surface area (Å²) in [6.45, 7) is 1.87. The van der Waals surface area contributed by atoms with Gasteiger partial charge >= 0.3 is 5.97 Å². The van der Waals surface area contributed by atoms with Gasteiger partial charge in [0.05, 0.1) is 11.7 Å². The summed E-state index contributed by atoms with van der Waals surface area (Å²) in [5.41, 5.74) is 0.310. The maximum atomic E-state index is 10.8. The number of aliphatic hydroxyl groups is 1. The average Bonchev–Trinajstić information content (AvgIpc) is 2.65. The Labute approximate surface area is 87.7 Å². The molecule has 0 aromatic carbocycles. The quantitative estimate of drug-likeness (QED) is 0.573. The molecule has 0 radical (unpaired) electrons. The van der Waals surface area contributed by atoms with Crippen LogP contribution in [0.4, 0.5) is 0 Å². The van der Waals surface area contributed by atoms with Crippen LogP contribution in [0.2, 0.25) is 0 Å². The summed E-state index contributed by atoms with van der Waals surface area (Å²) in [6, 6.07) is 0. The molecule has 0 saturated carbocycles. The van der Waals surface area contributed by atoms with Crippen LogP contribution in [0.5, 0.6) is 0 Å². The van der Waals surface area contributed by atoms with Crippen LogP contribution < -0.4 is 5.32 Å². The van der Waals surface area contributed by atoms with E-state index >= 15 is 0 Å². The number of hydrogen-bond acceptors (Lipinski definition) is 4. The van der Waals surface area contributed by atoms with Gasteiger partial charge in [0.15, 0.2) is 0 Å². The predicted octanol–water partition coefficient (Wildman–Crippen LogP) is -0.491. The van der Waals surface area contributed by atoms with E-state index in [1.165, 1.54) is 0 Å². The normalized spacial score (nSPS) is 25.7. The summed E-state index contributed by atoms with van der Waals surface area (Å²) >= 11 is 0. The van der Waals surface area contributed by atoms with Crippen molar-refractivity contribution >= 4 is 5.97 Å². The van der Waals surface area contributed by atoms with Crippen LogP contribution >= 0.6 is 0 Å². The standard InChI is InChI=1S/C10H14N2O3/c13-8-2-4-12(6-8)9-5-7(10(14)15)1-3-11-9/h1,5,8,11,13H,2-4,6H2,(H,14,15)/t8-/m1/s1. The van der Waals surface area contributed by atoms with Crippen LogP contribution in [0.3, 0.4) is 0 Å². The second-order valence-corrected chi connectivity index (χ2v) is 3.76. The van der Waals surface area contributed by atoms with Gasteiger partial charge < -0.3 is 20.4 Å². The first-order valence-corrected chi connectivity index (χ1v) is 4.99. The van der Waals surface area contributed by atoms with Crippen LogP contribution in [0, 0.1) is 0 Å². The zero-order valence-corrected chi connectivity index (χ0v) is 8.31. The van der Waals surface area contributed by atoms with Gasteiger partial charge in [0.1, 0.15) is 5.82 Å². The molecule has 1 atom stereocenters. The molecule has 0 aromatic heterocycles. The van der Waals surface area contributed by atoms with Crippen LogP contribution in [0.1, 0.15) is 6.42 Å². The number of likely N-dealkylation sites (tertiary alicyclic amines) is 1. The number of nitrogens with one attached hydrogen (secondary N) is 1. The lowest BCUT2D eigenvalue weighted by Crippen LogP contribution is -2.33. The summed E-state index contributed by atoms with van der Waals surface area (Å²) in [5, 5.41) is 21.3. The Kier molecular flexibility index (Phi) is 2.64. The Balaban J connectivity index is 2.10.